The van der Waals surface area contributed by atoms with Crippen LogP contribution >= 0.6 is 0 Å². The fourth-order valence-electron chi connectivity index (χ4n) is 1.44. The molecule has 0 aliphatic rings. The first-order chi connectivity index (χ1) is 7.88. The second-order valence-electron chi connectivity index (χ2n) is 3.54. The molecule has 2 rings (SSSR count). The standard InChI is InChI=1S/C10H9F3N4/c1-17-3-2-8(16-17)9-7(10(11,12)13)4-6(14)5-15-9/h2-5H,14H2,1H3. The lowest BCUT2D eigenvalue weighted by molar-refractivity contribution is -0.137. The van der Waals surface area contributed by atoms with Gasteiger partial charge in [-0.3, -0.25) is 9.67 Å². The number of alkyl halides is 3. The molecule has 0 aromatic carbocycles. The van der Waals surface area contributed by atoms with Crippen LogP contribution in [0.4, 0.5) is 18.9 Å². The molecule has 0 bridgehead atoms. The SMILES string of the molecule is Cn1ccc(-c2ncc(N)cc2C(F)(F)F)n1. The minimum atomic E-state index is -4.50. The lowest BCUT2D eigenvalue weighted by atomic mass is 10.1. The Hall–Kier alpha value is -2.05. The largest absolute Gasteiger partial charge is 0.418 e. The first kappa shape index (κ1) is 11.4. The third-order valence-corrected chi connectivity index (χ3v) is 2.17. The molecule has 0 saturated carbocycles. The van der Waals surface area contributed by atoms with Gasteiger partial charge in [0, 0.05) is 13.2 Å². The summed E-state index contributed by atoms with van der Waals surface area (Å²) in [7, 11) is 1.62. The topological polar surface area (TPSA) is 56.7 Å². The van der Waals surface area contributed by atoms with Crippen LogP contribution < -0.4 is 5.73 Å². The Morgan fingerprint density at radius 2 is 2.06 bits per heavy atom. The van der Waals surface area contributed by atoms with E-state index in [-0.39, 0.29) is 17.1 Å². The Morgan fingerprint density at radius 3 is 2.59 bits per heavy atom. The highest BCUT2D eigenvalue weighted by Crippen LogP contribution is 2.36. The van der Waals surface area contributed by atoms with Gasteiger partial charge in [-0.05, 0) is 12.1 Å². The van der Waals surface area contributed by atoms with Crippen molar-refractivity contribution in [2.45, 2.75) is 6.18 Å². The van der Waals surface area contributed by atoms with Crippen molar-refractivity contribution >= 4 is 5.69 Å². The van der Waals surface area contributed by atoms with Gasteiger partial charge in [-0.15, -0.1) is 0 Å². The first-order valence-electron chi connectivity index (χ1n) is 4.70. The molecule has 0 radical (unpaired) electrons. The van der Waals surface area contributed by atoms with Crippen molar-refractivity contribution in [3.63, 3.8) is 0 Å². The van der Waals surface area contributed by atoms with E-state index in [4.69, 9.17) is 5.73 Å². The lowest BCUT2D eigenvalue weighted by Crippen LogP contribution is -2.09. The maximum absolute atomic E-state index is 12.8. The van der Waals surface area contributed by atoms with E-state index in [2.05, 4.69) is 10.1 Å². The van der Waals surface area contributed by atoms with E-state index in [0.29, 0.717) is 0 Å². The van der Waals surface area contributed by atoms with Crippen LogP contribution in [0, 0.1) is 0 Å². The normalized spacial score (nSPS) is 11.8. The van der Waals surface area contributed by atoms with Crippen molar-refractivity contribution in [3.05, 3.63) is 30.1 Å². The lowest BCUT2D eigenvalue weighted by Gasteiger charge is -2.10. The van der Waals surface area contributed by atoms with E-state index in [9.17, 15) is 13.2 Å². The third-order valence-electron chi connectivity index (χ3n) is 2.17. The summed E-state index contributed by atoms with van der Waals surface area (Å²) in [6, 6.07) is 2.32. The van der Waals surface area contributed by atoms with Crippen molar-refractivity contribution in [1.82, 2.24) is 14.8 Å². The predicted molar refractivity (Wildman–Crippen MR) is 55.9 cm³/mol. The maximum Gasteiger partial charge on any atom is 0.418 e. The number of rotatable bonds is 1. The van der Waals surface area contributed by atoms with Crippen molar-refractivity contribution in [2.24, 2.45) is 7.05 Å². The number of nitrogen functional groups attached to an aromatic ring is 1. The van der Waals surface area contributed by atoms with Crippen molar-refractivity contribution in [3.8, 4) is 11.4 Å². The molecular formula is C10H9F3N4. The molecule has 90 valence electrons. The van der Waals surface area contributed by atoms with Crippen LogP contribution in [0.25, 0.3) is 11.4 Å². The number of nitrogens with two attached hydrogens (primary N) is 1. The molecular weight excluding hydrogens is 233 g/mol. The van der Waals surface area contributed by atoms with Crippen molar-refractivity contribution < 1.29 is 13.2 Å². The fraction of sp³-hybridized carbons (Fsp3) is 0.200. The van der Waals surface area contributed by atoms with Crippen LogP contribution in [0.3, 0.4) is 0 Å². The van der Waals surface area contributed by atoms with Crippen molar-refractivity contribution in [2.75, 3.05) is 5.73 Å². The molecule has 0 aliphatic heterocycles. The number of hydrogen-bond acceptors (Lipinski definition) is 3. The van der Waals surface area contributed by atoms with Gasteiger partial charge in [0.1, 0.15) is 11.4 Å². The van der Waals surface area contributed by atoms with E-state index in [0.717, 1.165) is 6.07 Å². The molecule has 4 nitrogen and oxygen atoms in total. The Labute approximate surface area is 94.9 Å². The molecule has 2 aromatic rings. The van der Waals surface area contributed by atoms with Crippen LogP contribution in [0.1, 0.15) is 5.56 Å². The molecule has 0 amide bonds. The number of pyridine rings is 1. The first-order valence-corrected chi connectivity index (χ1v) is 4.70. The van der Waals surface area contributed by atoms with Gasteiger partial charge in [-0.2, -0.15) is 18.3 Å². The molecule has 0 saturated heterocycles. The quantitative estimate of drug-likeness (QED) is 0.832. The summed E-state index contributed by atoms with van der Waals surface area (Å²) in [4.78, 5) is 3.71. The van der Waals surface area contributed by atoms with Gasteiger partial charge in [0.15, 0.2) is 0 Å². The Kier molecular flexibility index (Phi) is 2.53. The molecule has 0 spiro atoms. The minimum absolute atomic E-state index is 0.0305. The predicted octanol–water partition coefficient (Wildman–Crippen LogP) is 2.08. The number of anilines is 1. The molecule has 0 fully saturated rings. The Bertz CT molecular complexity index is 545. The number of nitrogens with zero attached hydrogens (tertiary/aromatic N) is 3. The number of aromatic nitrogens is 3. The molecule has 0 unspecified atom stereocenters. The third kappa shape index (κ3) is 2.22. The molecule has 2 heterocycles. The summed E-state index contributed by atoms with van der Waals surface area (Å²) in [5, 5.41) is 3.90. The number of halogens is 3. The summed E-state index contributed by atoms with van der Waals surface area (Å²) < 4.78 is 39.8. The van der Waals surface area contributed by atoms with Crippen molar-refractivity contribution in [1.29, 1.82) is 0 Å². The van der Waals surface area contributed by atoms with E-state index >= 15 is 0 Å². The summed E-state index contributed by atoms with van der Waals surface area (Å²) in [5.74, 6) is 0. The molecule has 17 heavy (non-hydrogen) atoms. The fourth-order valence-corrected chi connectivity index (χ4v) is 1.44. The molecule has 2 N–H and O–H groups in total. The highest BCUT2D eigenvalue weighted by molar-refractivity contribution is 5.62. The average Bonchev–Trinajstić information content (AvgIpc) is 2.63. The summed E-state index contributed by atoms with van der Waals surface area (Å²) >= 11 is 0. The second-order valence-corrected chi connectivity index (χ2v) is 3.54. The van der Waals surface area contributed by atoms with Crippen LogP contribution in [0.5, 0.6) is 0 Å². The summed E-state index contributed by atoms with van der Waals surface area (Å²) in [6.07, 6.45) is -1.78. The monoisotopic (exact) mass is 242 g/mol. The minimum Gasteiger partial charge on any atom is -0.397 e. The highest BCUT2D eigenvalue weighted by atomic mass is 19.4. The second kappa shape index (κ2) is 3.76. The molecule has 0 aliphatic carbocycles. The van der Waals surface area contributed by atoms with Gasteiger partial charge < -0.3 is 5.73 Å². The molecule has 0 atom stereocenters. The van der Waals surface area contributed by atoms with Gasteiger partial charge in [-0.1, -0.05) is 0 Å². The van der Waals surface area contributed by atoms with E-state index in [1.807, 2.05) is 0 Å². The van der Waals surface area contributed by atoms with Gasteiger partial charge in [-0.25, -0.2) is 0 Å². The highest BCUT2D eigenvalue weighted by Gasteiger charge is 2.35. The van der Waals surface area contributed by atoms with Crippen LogP contribution in [0.15, 0.2) is 24.5 Å². The zero-order valence-electron chi connectivity index (χ0n) is 8.86. The Balaban J connectivity index is 2.61. The summed E-state index contributed by atoms with van der Waals surface area (Å²) in [6.45, 7) is 0. The van der Waals surface area contributed by atoms with E-state index < -0.39 is 11.7 Å². The zero-order chi connectivity index (χ0) is 12.6. The van der Waals surface area contributed by atoms with Gasteiger partial charge in [0.2, 0.25) is 0 Å². The zero-order valence-corrected chi connectivity index (χ0v) is 8.86. The van der Waals surface area contributed by atoms with Crippen LogP contribution in [-0.2, 0) is 13.2 Å². The van der Waals surface area contributed by atoms with Gasteiger partial charge in [0.05, 0.1) is 17.4 Å². The van der Waals surface area contributed by atoms with Crippen LogP contribution in [-0.4, -0.2) is 14.8 Å². The van der Waals surface area contributed by atoms with E-state index in [1.54, 1.807) is 13.2 Å². The molecule has 2 aromatic heterocycles. The van der Waals surface area contributed by atoms with Gasteiger partial charge >= 0.3 is 6.18 Å². The van der Waals surface area contributed by atoms with Crippen LogP contribution in [0.2, 0.25) is 0 Å². The average molecular weight is 242 g/mol. The summed E-state index contributed by atoms with van der Waals surface area (Å²) in [5.41, 5.74) is 4.36. The maximum atomic E-state index is 12.8. The smallest absolute Gasteiger partial charge is 0.397 e. The Morgan fingerprint density at radius 1 is 1.35 bits per heavy atom. The van der Waals surface area contributed by atoms with E-state index in [1.165, 1.54) is 16.9 Å². The number of hydrogen-bond donors (Lipinski definition) is 1. The number of aryl methyl sites for hydroxylation is 1. The molecule has 7 heteroatoms. The van der Waals surface area contributed by atoms with Gasteiger partial charge in [0.25, 0.3) is 0 Å².